The van der Waals surface area contributed by atoms with Crippen molar-refractivity contribution in [2.45, 2.75) is 71.6 Å². The lowest BCUT2D eigenvalue weighted by atomic mass is 9.92. The molecule has 0 bridgehead atoms. The fourth-order valence-electron chi connectivity index (χ4n) is 2.98. The molecule has 1 heterocycles. The Morgan fingerprint density at radius 3 is 2.40 bits per heavy atom. The highest BCUT2D eigenvalue weighted by Gasteiger charge is 2.46. The minimum atomic E-state index is 0.485. The van der Waals surface area contributed by atoms with Crippen LogP contribution in [0.25, 0.3) is 0 Å². The smallest absolute Gasteiger partial charge is 0.339 e. The first-order chi connectivity index (χ1) is 7.11. The lowest BCUT2D eigenvalue weighted by molar-refractivity contribution is -0.592. The number of hydrogen-bond donors (Lipinski definition) is 0. The van der Waals surface area contributed by atoms with E-state index in [1.165, 1.54) is 31.6 Å². The Bertz CT molecular complexity index is 268. The van der Waals surface area contributed by atoms with Gasteiger partial charge in [-0.25, -0.2) is 0 Å². The van der Waals surface area contributed by atoms with Crippen molar-refractivity contribution < 1.29 is 9.31 Å². The number of nitrogens with zero attached hydrogens (tertiary/aromatic N) is 1. The summed E-state index contributed by atoms with van der Waals surface area (Å²) in [6.45, 7) is 9.04. The van der Waals surface area contributed by atoms with Crippen LogP contribution >= 0.6 is 0 Å². The summed E-state index contributed by atoms with van der Waals surface area (Å²) in [7, 11) is 0. The molecule has 0 aromatic heterocycles. The van der Waals surface area contributed by atoms with E-state index in [9.17, 15) is 0 Å². The normalized spacial score (nSPS) is 31.1. The van der Waals surface area contributed by atoms with Crippen molar-refractivity contribution in [3.8, 4) is 0 Å². The second-order valence-electron chi connectivity index (χ2n) is 5.50. The highest BCUT2D eigenvalue weighted by Crippen LogP contribution is 2.30. The standard InChI is InChI=1S/C13H24NO/c1-9(2)13-14(10(3)4)11-7-5-6-8-12(11)15-13/h9-12H,5-8H2,1-4H3/q+1/t11-,12-/m1/s1. The van der Waals surface area contributed by atoms with Crippen LogP contribution in [0.4, 0.5) is 0 Å². The molecule has 1 fully saturated rings. The van der Waals surface area contributed by atoms with Crippen LogP contribution in [-0.4, -0.2) is 28.7 Å². The molecular weight excluding hydrogens is 186 g/mol. The summed E-state index contributed by atoms with van der Waals surface area (Å²) >= 11 is 0. The van der Waals surface area contributed by atoms with Crippen LogP contribution in [0.2, 0.25) is 0 Å². The van der Waals surface area contributed by atoms with Gasteiger partial charge in [0.05, 0.1) is 5.92 Å². The summed E-state index contributed by atoms with van der Waals surface area (Å²) in [5.74, 6) is 1.76. The van der Waals surface area contributed by atoms with Gasteiger partial charge in [0.1, 0.15) is 0 Å². The highest BCUT2D eigenvalue weighted by molar-refractivity contribution is 5.74. The Labute approximate surface area is 93.3 Å². The third-order valence-corrected chi connectivity index (χ3v) is 3.60. The largest absolute Gasteiger partial charge is 0.437 e. The zero-order valence-corrected chi connectivity index (χ0v) is 10.5. The zero-order chi connectivity index (χ0) is 11.0. The van der Waals surface area contributed by atoms with Crippen molar-refractivity contribution in [2.24, 2.45) is 5.92 Å². The van der Waals surface area contributed by atoms with Crippen molar-refractivity contribution in [3.05, 3.63) is 0 Å². The van der Waals surface area contributed by atoms with E-state index in [0.717, 1.165) is 0 Å². The van der Waals surface area contributed by atoms with E-state index in [-0.39, 0.29) is 0 Å². The molecule has 2 nitrogen and oxygen atoms in total. The predicted octanol–water partition coefficient (Wildman–Crippen LogP) is 2.80. The van der Waals surface area contributed by atoms with Crippen molar-refractivity contribution in [2.75, 3.05) is 0 Å². The van der Waals surface area contributed by atoms with Gasteiger partial charge in [-0.3, -0.25) is 0 Å². The SMILES string of the molecule is CC(C)C1=[N+](C(C)C)[C@@H]2CCCC[C@H]2O1. The van der Waals surface area contributed by atoms with E-state index in [0.29, 0.717) is 24.1 Å². The van der Waals surface area contributed by atoms with Crippen LogP contribution in [0, 0.1) is 5.92 Å². The fraction of sp³-hybridized carbons (Fsp3) is 0.923. The summed E-state index contributed by atoms with van der Waals surface area (Å²) in [4.78, 5) is 0. The Morgan fingerprint density at radius 2 is 1.80 bits per heavy atom. The number of ether oxygens (including phenoxy) is 1. The lowest BCUT2D eigenvalue weighted by Gasteiger charge is -2.21. The molecule has 1 aliphatic carbocycles. The molecule has 0 saturated heterocycles. The molecular formula is C13H24NO+. The molecule has 0 amide bonds. The predicted molar refractivity (Wildman–Crippen MR) is 62.4 cm³/mol. The van der Waals surface area contributed by atoms with Crippen LogP contribution < -0.4 is 0 Å². The van der Waals surface area contributed by atoms with Gasteiger partial charge < -0.3 is 4.74 Å². The second kappa shape index (κ2) is 4.15. The summed E-state index contributed by atoms with van der Waals surface area (Å²) in [5, 5.41) is 0. The van der Waals surface area contributed by atoms with Gasteiger partial charge in [-0.15, -0.1) is 0 Å². The Balaban J connectivity index is 2.26. The molecule has 0 spiro atoms. The average molecular weight is 210 g/mol. The van der Waals surface area contributed by atoms with Gasteiger partial charge in [-0.2, -0.15) is 4.58 Å². The van der Waals surface area contributed by atoms with Crippen molar-refractivity contribution in [1.29, 1.82) is 0 Å². The van der Waals surface area contributed by atoms with E-state index in [1.54, 1.807) is 0 Å². The van der Waals surface area contributed by atoms with Gasteiger partial charge in [0.2, 0.25) is 0 Å². The number of hydrogen-bond acceptors (Lipinski definition) is 1. The Kier molecular flexibility index (Phi) is 3.03. The lowest BCUT2D eigenvalue weighted by Crippen LogP contribution is -2.38. The van der Waals surface area contributed by atoms with Crippen molar-refractivity contribution in [3.63, 3.8) is 0 Å². The first-order valence-electron chi connectivity index (χ1n) is 6.43. The second-order valence-corrected chi connectivity index (χ2v) is 5.50. The molecule has 0 aromatic rings. The zero-order valence-electron chi connectivity index (χ0n) is 10.5. The molecule has 1 aliphatic heterocycles. The average Bonchev–Trinajstić information content (AvgIpc) is 2.56. The number of rotatable bonds is 2. The molecule has 2 rings (SSSR count). The first kappa shape index (κ1) is 11.0. The van der Waals surface area contributed by atoms with E-state index < -0.39 is 0 Å². The van der Waals surface area contributed by atoms with Gasteiger partial charge in [-0.1, -0.05) is 0 Å². The fourth-order valence-corrected chi connectivity index (χ4v) is 2.98. The summed E-state index contributed by atoms with van der Waals surface area (Å²) in [6, 6.07) is 1.24. The van der Waals surface area contributed by atoms with Crippen LogP contribution in [0.5, 0.6) is 0 Å². The van der Waals surface area contributed by atoms with E-state index in [2.05, 4.69) is 32.3 Å². The van der Waals surface area contributed by atoms with Crippen molar-refractivity contribution in [1.82, 2.24) is 0 Å². The molecule has 0 radical (unpaired) electrons. The maximum absolute atomic E-state index is 6.14. The van der Waals surface area contributed by atoms with Crippen molar-refractivity contribution >= 4 is 5.90 Å². The van der Waals surface area contributed by atoms with E-state index >= 15 is 0 Å². The van der Waals surface area contributed by atoms with Gasteiger partial charge in [-0.05, 0) is 47.0 Å². The first-order valence-corrected chi connectivity index (χ1v) is 6.43. The minimum Gasteiger partial charge on any atom is -0.437 e. The monoisotopic (exact) mass is 210 g/mol. The third-order valence-electron chi connectivity index (χ3n) is 3.60. The van der Waals surface area contributed by atoms with Gasteiger partial charge in [0.15, 0.2) is 18.2 Å². The topological polar surface area (TPSA) is 12.2 Å². The molecule has 1 saturated carbocycles. The van der Waals surface area contributed by atoms with Crippen LogP contribution in [0.3, 0.4) is 0 Å². The summed E-state index contributed by atoms with van der Waals surface area (Å²) in [5.41, 5.74) is 0. The molecule has 0 N–H and O–H groups in total. The van der Waals surface area contributed by atoms with Gasteiger partial charge in [0, 0.05) is 6.42 Å². The Hall–Kier alpha value is -0.530. The van der Waals surface area contributed by atoms with E-state index in [4.69, 9.17) is 4.74 Å². The maximum atomic E-state index is 6.14. The molecule has 0 aromatic carbocycles. The van der Waals surface area contributed by atoms with Crippen LogP contribution in [0.1, 0.15) is 53.4 Å². The van der Waals surface area contributed by atoms with E-state index in [1.807, 2.05) is 0 Å². The maximum Gasteiger partial charge on any atom is 0.339 e. The third kappa shape index (κ3) is 1.91. The van der Waals surface area contributed by atoms with Crippen LogP contribution in [-0.2, 0) is 4.74 Å². The van der Waals surface area contributed by atoms with Gasteiger partial charge in [0.25, 0.3) is 0 Å². The number of fused-ring (bicyclic) bond motifs is 1. The molecule has 86 valence electrons. The van der Waals surface area contributed by atoms with Crippen LogP contribution in [0.15, 0.2) is 0 Å². The minimum absolute atomic E-state index is 0.485. The molecule has 15 heavy (non-hydrogen) atoms. The molecule has 2 heteroatoms. The highest BCUT2D eigenvalue weighted by atomic mass is 16.5. The Morgan fingerprint density at radius 1 is 1.13 bits per heavy atom. The molecule has 0 unspecified atom stereocenters. The van der Waals surface area contributed by atoms with Gasteiger partial charge >= 0.3 is 5.90 Å². The quantitative estimate of drug-likeness (QED) is 0.638. The summed E-state index contributed by atoms with van der Waals surface area (Å²) < 4.78 is 8.68. The summed E-state index contributed by atoms with van der Waals surface area (Å²) in [6.07, 6.45) is 5.78. The molecule has 2 aliphatic rings. The molecule has 2 atom stereocenters.